The van der Waals surface area contributed by atoms with E-state index < -0.39 is 0 Å². The minimum atomic E-state index is -0.159. The summed E-state index contributed by atoms with van der Waals surface area (Å²) in [6, 6.07) is 7.37. The van der Waals surface area contributed by atoms with Crippen molar-refractivity contribution in [1.29, 1.82) is 0 Å². The van der Waals surface area contributed by atoms with Crippen molar-refractivity contribution >= 4 is 17.5 Å². The second-order valence-corrected chi connectivity index (χ2v) is 4.39. The molecule has 1 heterocycles. The average molecular weight is 280 g/mol. The number of carbonyl (C=O) groups is 1. The Balaban J connectivity index is 1.86. The van der Waals surface area contributed by atoms with Crippen LogP contribution in [-0.4, -0.2) is 20.9 Å². The van der Waals surface area contributed by atoms with Crippen LogP contribution in [0.5, 0.6) is 0 Å². The maximum atomic E-state index is 11.7. The van der Waals surface area contributed by atoms with E-state index in [9.17, 15) is 4.79 Å². The molecule has 0 aliphatic heterocycles. The highest BCUT2D eigenvalue weighted by Crippen LogP contribution is 2.14. The van der Waals surface area contributed by atoms with Gasteiger partial charge in [0.25, 0.3) is 0 Å². The van der Waals surface area contributed by atoms with Crippen molar-refractivity contribution in [3.05, 3.63) is 46.7 Å². The maximum Gasteiger partial charge on any atom is 0.242 e. The quantitative estimate of drug-likeness (QED) is 0.844. The van der Waals surface area contributed by atoms with Gasteiger partial charge in [-0.05, 0) is 11.6 Å². The summed E-state index contributed by atoms with van der Waals surface area (Å²) in [6.45, 7) is 0.801. The van der Waals surface area contributed by atoms with Gasteiger partial charge in [0, 0.05) is 18.1 Å². The lowest BCUT2D eigenvalue weighted by Gasteiger charge is -2.06. The zero-order valence-electron chi connectivity index (χ0n) is 10.2. The van der Waals surface area contributed by atoms with E-state index in [2.05, 4.69) is 15.6 Å². The van der Waals surface area contributed by atoms with Gasteiger partial charge >= 0.3 is 0 Å². The van der Waals surface area contributed by atoms with Gasteiger partial charge in [-0.25, -0.2) is 4.68 Å². The monoisotopic (exact) mass is 279 g/mol. The Labute approximate surface area is 115 Å². The predicted octanol–water partition coefficient (Wildman–Crippen LogP) is 0.707. The third-order valence-corrected chi connectivity index (χ3v) is 2.90. The smallest absolute Gasteiger partial charge is 0.242 e. The van der Waals surface area contributed by atoms with E-state index in [0.717, 1.165) is 5.56 Å². The summed E-state index contributed by atoms with van der Waals surface area (Å²) in [5.74, 6) is -0.159. The van der Waals surface area contributed by atoms with Crippen LogP contribution in [0, 0.1) is 0 Å². The van der Waals surface area contributed by atoms with Crippen molar-refractivity contribution in [2.75, 3.05) is 0 Å². The van der Waals surface area contributed by atoms with E-state index in [1.54, 1.807) is 12.3 Å². The van der Waals surface area contributed by atoms with Gasteiger partial charge in [-0.3, -0.25) is 4.79 Å². The standard InChI is InChI=1S/C12H14ClN5O/c13-11-4-2-1-3-9(11)6-15-12(19)8-18-7-10(5-14)16-17-18/h1-4,7H,5-6,8,14H2,(H,15,19). The fraction of sp³-hybridized carbons (Fsp3) is 0.250. The van der Waals surface area contributed by atoms with Gasteiger partial charge in [0.05, 0.1) is 11.9 Å². The van der Waals surface area contributed by atoms with E-state index in [1.165, 1.54) is 4.68 Å². The van der Waals surface area contributed by atoms with E-state index in [4.69, 9.17) is 17.3 Å². The van der Waals surface area contributed by atoms with E-state index in [0.29, 0.717) is 23.8 Å². The molecule has 0 bridgehead atoms. The summed E-state index contributed by atoms with van der Waals surface area (Å²) in [6.07, 6.45) is 1.65. The number of carbonyl (C=O) groups excluding carboxylic acids is 1. The number of aromatic nitrogens is 3. The summed E-state index contributed by atoms with van der Waals surface area (Å²) in [5.41, 5.74) is 6.94. The van der Waals surface area contributed by atoms with E-state index >= 15 is 0 Å². The van der Waals surface area contributed by atoms with Gasteiger partial charge in [-0.1, -0.05) is 35.0 Å². The molecule has 100 valence electrons. The van der Waals surface area contributed by atoms with Crippen LogP contribution in [0.2, 0.25) is 5.02 Å². The summed E-state index contributed by atoms with van der Waals surface area (Å²) in [4.78, 5) is 11.7. The lowest BCUT2D eigenvalue weighted by Crippen LogP contribution is -2.27. The second kappa shape index (κ2) is 6.31. The summed E-state index contributed by atoms with van der Waals surface area (Å²) >= 11 is 6.00. The van der Waals surface area contributed by atoms with Crippen molar-refractivity contribution in [2.24, 2.45) is 5.73 Å². The first-order chi connectivity index (χ1) is 9.19. The lowest BCUT2D eigenvalue weighted by molar-refractivity contribution is -0.122. The first kappa shape index (κ1) is 13.5. The highest BCUT2D eigenvalue weighted by molar-refractivity contribution is 6.31. The average Bonchev–Trinajstić information content (AvgIpc) is 2.85. The van der Waals surface area contributed by atoms with Crippen LogP contribution in [0.1, 0.15) is 11.3 Å². The number of hydrogen-bond acceptors (Lipinski definition) is 4. The molecule has 0 spiro atoms. The molecule has 2 rings (SSSR count). The number of rotatable bonds is 5. The van der Waals surface area contributed by atoms with Crippen LogP contribution in [0.4, 0.5) is 0 Å². The molecule has 1 amide bonds. The molecule has 0 aliphatic carbocycles. The van der Waals surface area contributed by atoms with Crippen molar-refractivity contribution in [2.45, 2.75) is 19.6 Å². The minimum Gasteiger partial charge on any atom is -0.350 e. The van der Waals surface area contributed by atoms with Crippen LogP contribution in [-0.2, 0) is 24.4 Å². The van der Waals surface area contributed by atoms with Crippen LogP contribution < -0.4 is 11.1 Å². The number of amides is 1. The molecule has 0 unspecified atom stereocenters. The molecule has 1 aromatic heterocycles. The van der Waals surface area contributed by atoms with Crippen LogP contribution in [0.25, 0.3) is 0 Å². The summed E-state index contributed by atoms with van der Waals surface area (Å²) in [7, 11) is 0. The minimum absolute atomic E-state index is 0.109. The van der Waals surface area contributed by atoms with Crippen LogP contribution >= 0.6 is 11.6 Å². The van der Waals surface area contributed by atoms with Gasteiger partial charge < -0.3 is 11.1 Å². The number of benzene rings is 1. The number of hydrogen-bond donors (Lipinski definition) is 2. The third kappa shape index (κ3) is 3.77. The molecule has 6 nitrogen and oxygen atoms in total. The Bertz CT molecular complexity index is 569. The summed E-state index contributed by atoms with van der Waals surface area (Å²) < 4.78 is 1.45. The normalized spacial score (nSPS) is 10.4. The second-order valence-electron chi connectivity index (χ2n) is 3.98. The lowest BCUT2D eigenvalue weighted by atomic mass is 10.2. The Morgan fingerprint density at radius 1 is 1.42 bits per heavy atom. The molecule has 0 fully saturated rings. The Morgan fingerprint density at radius 3 is 2.89 bits per heavy atom. The van der Waals surface area contributed by atoms with Crippen molar-refractivity contribution in [3.8, 4) is 0 Å². The molecule has 2 aromatic rings. The highest BCUT2D eigenvalue weighted by Gasteiger charge is 2.06. The molecule has 0 saturated carbocycles. The molecule has 0 radical (unpaired) electrons. The van der Waals surface area contributed by atoms with Gasteiger partial charge in [0.2, 0.25) is 5.91 Å². The van der Waals surface area contributed by atoms with Crippen LogP contribution in [0.3, 0.4) is 0 Å². The molecule has 0 aliphatic rings. The topological polar surface area (TPSA) is 85.8 Å². The zero-order chi connectivity index (χ0) is 13.7. The number of nitrogens with one attached hydrogen (secondary N) is 1. The molecule has 7 heteroatoms. The Hall–Kier alpha value is -1.92. The van der Waals surface area contributed by atoms with Gasteiger partial charge in [-0.2, -0.15) is 0 Å². The molecule has 0 atom stereocenters. The van der Waals surface area contributed by atoms with E-state index in [-0.39, 0.29) is 12.5 Å². The number of halogens is 1. The Morgan fingerprint density at radius 2 is 2.21 bits per heavy atom. The molecule has 19 heavy (non-hydrogen) atoms. The number of nitrogens with two attached hydrogens (primary N) is 1. The predicted molar refractivity (Wildman–Crippen MR) is 71.2 cm³/mol. The fourth-order valence-electron chi connectivity index (χ4n) is 1.55. The maximum absolute atomic E-state index is 11.7. The third-order valence-electron chi connectivity index (χ3n) is 2.53. The molecule has 0 saturated heterocycles. The molecule has 1 aromatic carbocycles. The fourth-order valence-corrected chi connectivity index (χ4v) is 1.75. The zero-order valence-corrected chi connectivity index (χ0v) is 11.0. The largest absolute Gasteiger partial charge is 0.350 e. The van der Waals surface area contributed by atoms with E-state index in [1.807, 2.05) is 18.2 Å². The highest BCUT2D eigenvalue weighted by atomic mass is 35.5. The SMILES string of the molecule is NCc1cn(CC(=O)NCc2ccccc2Cl)nn1. The molecule has 3 N–H and O–H groups in total. The molecular weight excluding hydrogens is 266 g/mol. The van der Waals surface area contributed by atoms with Crippen molar-refractivity contribution < 1.29 is 4.79 Å². The van der Waals surface area contributed by atoms with Crippen molar-refractivity contribution in [3.63, 3.8) is 0 Å². The summed E-state index contributed by atoms with van der Waals surface area (Å²) in [5, 5.41) is 11.0. The van der Waals surface area contributed by atoms with Gasteiger partial charge in [0.15, 0.2) is 0 Å². The van der Waals surface area contributed by atoms with Crippen LogP contribution in [0.15, 0.2) is 30.5 Å². The first-order valence-electron chi connectivity index (χ1n) is 5.78. The van der Waals surface area contributed by atoms with Gasteiger partial charge in [0.1, 0.15) is 6.54 Å². The Kier molecular flexibility index (Phi) is 4.48. The van der Waals surface area contributed by atoms with Gasteiger partial charge in [-0.15, -0.1) is 5.10 Å². The number of nitrogens with zero attached hydrogens (tertiary/aromatic N) is 3. The first-order valence-corrected chi connectivity index (χ1v) is 6.16. The van der Waals surface area contributed by atoms with Crippen molar-refractivity contribution in [1.82, 2.24) is 20.3 Å². The molecular formula is C12H14ClN5O.